The molecule has 138 valence electrons. The molecule has 1 N–H and O–H groups in total. The molecule has 0 aliphatic carbocycles. The number of pyridine rings is 1. The van der Waals surface area contributed by atoms with Crippen molar-refractivity contribution < 1.29 is 4.79 Å². The largest absolute Gasteiger partial charge is 0.348 e. The van der Waals surface area contributed by atoms with Crippen molar-refractivity contribution in [2.24, 2.45) is 0 Å². The molecular weight excluding hydrogens is 340 g/mol. The number of hydrogen-bond donors (Lipinski definition) is 1. The van der Waals surface area contributed by atoms with Crippen molar-refractivity contribution in [2.75, 3.05) is 13.1 Å². The van der Waals surface area contributed by atoms with Crippen LogP contribution < -0.4 is 10.9 Å². The van der Waals surface area contributed by atoms with Gasteiger partial charge in [0.1, 0.15) is 11.2 Å². The molecule has 4 rings (SSSR count). The number of likely N-dealkylation sites (tertiary alicyclic amines) is 1. The van der Waals surface area contributed by atoms with Gasteiger partial charge in [-0.15, -0.1) is 0 Å². The molecule has 0 unspecified atom stereocenters. The van der Waals surface area contributed by atoms with Crippen molar-refractivity contribution in [1.29, 1.82) is 0 Å². The van der Waals surface area contributed by atoms with E-state index in [1.54, 1.807) is 24.4 Å². The molecule has 0 radical (unpaired) electrons. The van der Waals surface area contributed by atoms with E-state index in [-0.39, 0.29) is 11.1 Å². The van der Waals surface area contributed by atoms with Gasteiger partial charge in [-0.05, 0) is 49.2 Å². The number of amides is 1. The lowest BCUT2D eigenvalue weighted by Gasteiger charge is -2.17. The third kappa shape index (κ3) is 3.75. The van der Waals surface area contributed by atoms with Gasteiger partial charge in [-0.2, -0.15) is 0 Å². The van der Waals surface area contributed by atoms with Crippen molar-refractivity contribution in [3.63, 3.8) is 0 Å². The van der Waals surface area contributed by atoms with Crippen molar-refractivity contribution in [2.45, 2.75) is 25.9 Å². The maximum absolute atomic E-state index is 12.6. The summed E-state index contributed by atoms with van der Waals surface area (Å²) in [4.78, 5) is 31.7. The number of rotatable bonds is 5. The van der Waals surface area contributed by atoms with E-state index in [1.165, 1.54) is 29.0 Å². The van der Waals surface area contributed by atoms with Crippen LogP contribution in [0.25, 0.3) is 5.65 Å². The molecule has 1 fully saturated rings. The maximum Gasteiger partial charge on any atom is 0.270 e. The topological polar surface area (TPSA) is 66.7 Å². The normalized spacial score (nSPS) is 14.5. The zero-order valence-electron chi connectivity index (χ0n) is 15.1. The molecule has 1 saturated heterocycles. The molecule has 1 aliphatic heterocycles. The third-order valence-electron chi connectivity index (χ3n) is 5.01. The average molecular weight is 362 g/mol. The molecule has 1 aliphatic rings. The summed E-state index contributed by atoms with van der Waals surface area (Å²) >= 11 is 0. The summed E-state index contributed by atoms with van der Waals surface area (Å²) in [5.41, 5.74) is 2.51. The Morgan fingerprint density at radius 2 is 1.78 bits per heavy atom. The van der Waals surface area contributed by atoms with Crippen molar-refractivity contribution in [3.05, 3.63) is 81.9 Å². The SMILES string of the molecule is O=C(NCc1ccccc1CN1CCCC1)c1cnc2ccccn2c1=O. The quantitative estimate of drug-likeness (QED) is 0.756. The molecule has 3 heterocycles. The third-order valence-corrected chi connectivity index (χ3v) is 5.01. The Morgan fingerprint density at radius 3 is 2.59 bits per heavy atom. The number of nitrogens with one attached hydrogen (secondary N) is 1. The molecule has 0 bridgehead atoms. The fourth-order valence-corrected chi connectivity index (χ4v) is 3.52. The van der Waals surface area contributed by atoms with E-state index in [0.717, 1.165) is 25.2 Å². The smallest absolute Gasteiger partial charge is 0.270 e. The minimum absolute atomic E-state index is 0.0516. The standard InChI is InChI=1S/C21H22N4O2/c26-20(18-14-22-19-9-3-4-12-25(19)21(18)27)23-13-16-7-1-2-8-17(16)15-24-10-5-6-11-24/h1-4,7-9,12,14H,5-6,10-11,13,15H2,(H,23,26). The van der Waals surface area contributed by atoms with Gasteiger partial charge in [-0.1, -0.05) is 30.3 Å². The van der Waals surface area contributed by atoms with Gasteiger partial charge in [-0.3, -0.25) is 18.9 Å². The number of fused-ring (bicyclic) bond motifs is 1. The lowest BCUT2D eigenvalue weighted by molar-refractivity contribution is 0.0948. The summed E-state index contributed by atoms with van der Waals surface area (Å²) in [7, 11) is 0. The summed E-state index contributed by atoms with van der Waals surface area (Å²) in [6.07, 6.45) is 5.46. The lowest BCUT2D eigenvalue weighted by Crippen LogP contribution is -2.31. The number of aromatic nitrogens is 2. The molecule has 1 aromatic carbocycles. The summed E-state index contributed by atoms with van der Waals surface area (Å²) in [5, 5.41) is 2.88. The molecule has 1 amide bonds. The monoisotopic (exact) mass is 362 g/mol. The van der Waals surface area contributed by atoms with E-state index >= 15 is 0 Å². The van der Waals surface area contributed by atoms with Crippen LogP contribution in [0.2, 0.25) is 0 Å². The number of nitrogens with zero attached hydrogens (tertiary/aromatic N) is 3. The average Bonchev–Trinajstić information content (AvgIpc) is 3.21. The van der Waals surface area contributed by atoms with E-state index < -0.39 is 5.91 Å². The Balaban J connectivity index is 1.50. The number of carbonyl (C=O) groups is 1. The van der Waals surface area contributed by atoms with Gasteiger partial charge in [0, 0.05) is 25.5 Å². The molecule has 0 spiro atoms. The highest BCUT2D eigenvalue weighted by Crippen LogP contribution is 2.16. The zero-order valence-corrected chi connectivity index (χ0v) is 15.1. The van der Waals surface area contributed by atoms with Gasteiger partial charge >= 0.3 is 0 Å². The van der Waals surface area contributed by atoms with Gasteiger partial charge in [-0.25, -0.2) is 4.98 Å². The summed E-state index contributed by atoms with van der Waals surface area (Å²) < 4.78 is 1.39. The van der Waals surface area contributed by atoms with Crippen LogP contribution in [0, 0.1) is 0 Å². The van der Waals surface area contributed by atoms with E-state index in [4.69, 9.17) is 0 Å². The minimum atomic E-state index is -0.401. The molecule has 0 atom stereocenters. The van der Waals surface area contributed by atoms with Crippen LogP contribution in [-0.4, -0.2) is 33.3 Å². The molecule has 2 aromatic heterocycles. The summed E-state index contributed by atoms with van der Waals surface area (Å²) in [5.74, 6) is -0.401. The predicted octanol–water partition coefficient (Wildman–Crippen LogP) is 2.22. The van der Waals surface area contributed by atoms with E-state index in [2.05, 4.69) is 21.3 Å². The lowest BCUT2D eigenvalue weighted by atomic mass is 10.1. The Bertz CT molecular complexity index is 1020. The van der Waals surface area contributed by atoms with E-state index in [9.17, 15) is 9.59 Å². The van der Waals surface area contributed by atoms with Crippen molar-refractivity contribution in [3.8, 4) is 0 Å². The van der Waals surface area contributed by atoms with Gasteiger partial charge in [0.2, 0.25) is 0 Å². The second-order valence-corrected chi connectivity index (χ2v) is 6.84. The van der Waals surface area contributed by atoms with Crippen LogP contribution in [0.15, 0.2) is 59.7 Å². The fourth-order valence-electron chi connectivity index (χ4n) is 3.52. The predicted molar refractivity (Wildman–Crippen MR) is 104 cm³/mol. The van der Waals surface area contributed by atoms with Crippen LogP contribution >= 0.6 is 0 Å². The molecular formula is C21H22N4O2. The first-order valence-corrected chi connectivity index (χ1v) is 9.26. The Hall–Kier alpha value is -2.99. The Morgan fingerprint density at radius 1 is 1.04 bits per heavy atom. The number of benzene rings is 1. The second-order valence-electron chi connectivity index (χ2n) is 6.84. The van der Waals surface area contributed by atoms with Crippen LogP contribution in [0.5, 0.6) is 0 Å². The first-order chi connectivity index (χ1) is 13.2. The van der Waals surface area contributed by atoms with Gasteiger partial charge < -0.3 is 5.32 Å². The zero-order chi connectivity index (χ0) is 18.6. The molecule has 27 heavy (non-hydrogen) atoms. The first kappa shape index (κ1) is 17.4. The van der Waals surface area contributed by atoms with Crippen LogP contribution in [0.1, 0.15) is 34.3 Å². The van der Waals surface area contributed by atoms with Crippen LogP contribution in [-0.2, 0) is 13.1 Å². The molecule has 6 nitrogen and oxygen atoms in total. The Labute approximate surface area is 157 Å². The van der Waals surface area contributed by atoms with Gasteiger partial charge in [0.25, 0.3) is 11.5 Å². The van der Waals surface area contributed by atoms with E-state index in [0.29, 0.717) is 12.2 Å². The highest BCUT2D eigenvalue weighted by Gasteiger charge is 2.16. The molecule has 6 heteroatoms. The first-order valence-electron chi connectivity index (χ1n) is 9.26. The number of carbonyl (C=O) groups excluding carboxylic acids is 1. The van der Waals surface area contributed by atoms with E-state index in [1.807, 2.05) is 18.2 Å². The highest BCUT2D eigenvalue weighted by atomic mass is 16.2. The molecule has 3 aromatic rings. The fraction of sp³-hybridized carbons (Fsp3) is 0.286. The highest BCUT2D eigenvalue weighted by molar-refractivity contribution is 5.93. The van der Waals surface area contributed by atoms with Crippen LogP contribution in [0.3, 0.4) is 0 Å². The Kier molecular flexibility index (Phi) is 4.98. The van der Waals surface area contributed by atoms with Crippen LogP contribution in [0.4, 0.5) is 0 Å². The summed E-state index contributed by atoms with van der Waals surface area (Å²) in [6.45, 7) is 3.53. The maximum atomic E-state index is 12.6. The van der Waals surface area contributed by atoms with Gasteiger partial charge in [0.05, 0.1) is 0 Å². The summed E-state index contributed by atoms with van der Waals surface area (Å²) in [6, 6.07) is 13.4. The number of hydrogen-bond acceptors (Lipinski definition) is 4. The van der Waals surface area contributed by atoms with Crippen molar-refractivity contribution in [1.82, 2.24) is 19.6 Å². The van der Waals surface area contributed by atoms with Crippen molar-refractivity contribution >= 4 is 11.6 Å². The van der Waals surface area contributed by atoms with Gasteiger partial charge in [0.15, 0.2) is 0 Å². The minimum Gasteiger partial charge on any atom is -0.348 e. The molecule has 0 saturated carbocycles. The second kappa shape index (κ2) is 7.72.